The summed E-state index contributed by atoms with van der Waals surface area (Å²) in [6.45, 7) is 0. The Hall–Kier alpha value is -0.600. The molecule has 0 aliphatic carbocycles. The van der Waals surface area contributed by atoms with Gasteiger partial charge >= 0.3 is 0 Å². The van der Waals surface area contributed by atoms with E-state index < -0.39 is 0 Å². The maximum absolute atomic E-state index is 4.00. The molecule has 0 atom stereocenters. The van der Waals surface area contributed by atoms with E-state index in [4.69, 9.17) is 0 Å². The van der Waals surface area contributed by atoms with E-state index in [1.165, 1.54) is 0 Å². The smallest absolute Gasteiger partial charge is 0.0634 e. The maximum Gasteiger partial charge on any atom is 0.0634 e. The van der Waals surface area contributed by atoms with Crippen molar-refractivity contribution < 1.29 is 8.59 Å². The van der Waals surface area contributed by atoms with Crippen LogP contribution in [-0.2, 0) is 0 Å². The molecule has 5 N–H and O–H groups in total. The van der Waals surface area contributed by atoms with Crippen molar-refractivity contribution in [3.63, 3.8) is 0 Å². The third-order valence-corrected chi connectivity index (χ3v) is 0.447. The summed E-state index contributed by atoms with van der Waals surface area (Å²) in [5.41, 5.74) is 6.11. The monoisotopic (exact) mass is 197 g/mol. The number of terminal acetylenes is 1. The predicted octanol–water partition coefficient (Wildman–Crippen LogP) is -0.246. The van der Waals surface area contributed by atoms with Gasteiger partial charge in [0.1, 0.15) is 0 Å². The lowest BCUT2D eigenvalue weighted by molar-refractivity contribution is -0.325. The van der Waals surface area contributed by atoms with Gasteiger partial charge in [-0.25, -0.2) is 0 Å². The summed E-state index contributed by atoms with van der Waals surface area (Å²) in [4.78, 5) is 0. The number of nitrogens with zero attached hydrogens (tertiary/aromatic N) is 1. The molecule has 0 fully saturated rings. The van der Waals surface area contributed by atoms with Crippen molar-refractivity contribution in [2.75, 3.05) is 42.3 Å². The molecule has 0 unspecified atom stereocenters. The Balaban J connectivity index is -0.0000000115. The van der Waals surface area contributed by atoms with Crippen LogP contribution in [0.5, 0.6) is 0 Å². The van der Waals surface area contributed by atoms with E-state index in [9.17, 15) is 0 Å². The summed E-state index contributed by atoms with van der Waals surface area (Å²) < 4.78 is 0. The summed E-state index contributed by atoms with van der Waals surface area (Å²) in [6.07, 6.45) is 8.00. The highest BCUT2D eigenvalue weighted by atomic mass is 15.5. The quantitative estimate of drug-likeness (QED) is 0.401. The van der Waals surface area contributed by atoms with Crippen LogP contribution in [0.2, 0.25) is 0 Å². The molecule has 13 heavy (non-hydrogen) atoms. The van der Waals surface area contributed by atoms with Crippen molar-refractivity contribution >= 4 is 0 Å². The molecule has 0 bridgehead atoms. The van der Waals surface area contributed by atoms with Crippen molar-refractivity contribution in [3.05, 3.63) is 0 Å². The zero-order valence-electron chi connectivity index (χ0n) is 9.31. The molecule has 88 valence electrons. The van der Waals surface area contributed by atoms with Crippen LogP contribution < -0.4 is 16.5 Å². The normalized spacial score (nSPS) is 5.69. The predicted molar refractivity (Wildman–Crippen MR) is 67.4 cm³/mol. The SMILES string of the molecule is C.C#C.CNC.CNN(C)C.C[NH3+].[HH].[HH]. The molecule has 0 radical (unpaired) electrons. The van der Waals surface area contributed by atoms with Crippen LogP contribution in [0.1, 0.15) is 10.3 Å². The van der Waals surface area contributed by atoms with Crippen molar-refractivity contribution in [2.45, 2.75) is 7.43 Å². The van der Waals surface area contributed by atoms with E-state index >= 15 is 0 Å². The number of rotatable bonds is 1. The van der Waals surface area contributed by atoms with Gasteiger partial charge in [0.05, 0.1) is 7.05 Å². The average molecular weight is 197 g/mol. The van der Waals surface area contributed by atoms with Gasteiger partial charge in [0.2, 0.25) is 0 Å². The van der Waals surface area contributed by atoms with Crippen molar-refractivity contribution in [3.8, 4) is 12.8 Å². The fraction of sp³-hybridized carbons (Fsp3) is 0.778. The molecule has 0 aromatic rings. The lowest BCUT2D eigenvalue weighted by Gasteiger charge is -2.02. The lowest BCUT2D eigenvalue weighted by atomic mass is 11.1. The van der Waals surface area contributed by atoms with Crippen LogP contribution in [0, 0.1) is 12.8 Å². The molecule has 0 aliphatic rings. The Bertz CT molecular complexity index is 61.3. The molecule has 0 amide bonds. The second kappa shape index (κ2) is 63.7. The highest BCUT2D eigenvalue weighted by Gasteiger charge is 1.68. The summed E-state index contributed by atoms with van der Waals surface area (Å²) in [5, 5.41) is 4.62. The Morgan fingerprint density at radius 2 is 1.15 bits per heavy atom. The van der Waals surface area contributed by atoms with Gasteiger partial charge in [0.15, 0.2) is 0 Å². The molecule has 0 saturated heterocycles. The van der Waals surface area contributed by atoms with Crippen LogP contribution in [0.4, 0.5) is 0 Å². The summed E-state index contributed by atoms with van der Waals surface area (Å²) in [7, 11) is 11.3. The van der Waals surface area contributed by atoms with E-state index in [-0.39, 0.29) is 10.3 Å². The first-order valence-electron chi connectivity index (χ1n) is 3.66. The highest BCUT2D eigenvalue weighted by Crippen LogP contribution is 1.49. The third kappa shape index (κ3) is 514. The third-order valence-electron chi connectivity index (χ3n) is 0.447. The van der Waals surface area contributed by atoms with Gasteiger partial charge in [-0.1, -0.05) is 7.43 Å². The second-order valence-electron chi connectivity index (χ2n) is 1.62. The molecular formula is C9H33N4+. The first-order chi connectivity index (χ1) is 5.68. The Labute approximate surface area is 87.8 Å². The fourth-order valence-electron chi connectivity index (χ4n) is 0. The van der Waals surface area contributed by atoms with Crippen LogP contribution in [0.25, 0.3) is 0 Å². The zero-order chi connectivity index (χ0) is 11.0. The van der Waals surface area contributed by atoms with E-state index in [1.54, 1.807) is 7.05 Å². The number of quaternary nitrogens is 1. The van der Waals surface area contributed by atoms with Crippen molar-refractivity contribution in [1.29, 1.82) is 0 Å². The van der Waals surface area contributed by atoms with E-state index in [2.05, 4.69) is 29.3 Å². The topological polar surface area (TPSA) is 54.9 Å². The molecule has 4 heteroatoms. The number of hydrogen-bond acceptors (Lipinski definition) is 3. The van der Waals surface area contributed by atoms with Gasteiger partial charge < -0.3 is 11.1 Å². The van der Waals surface area contributed by atoms with Crippen LogP contribution in [0.15, 0.2) is 0 Å². The molecule has 0 aromatic heterocycles. The highest BCUT2D eigenvalue weighted by molar-refractivity contribution is 4.47. The van der Waals surface area contributed by atoms with E-state index in [0.717, 1.165) is 0 Å². The van der Waals surface area contributed by atoms with E-state index in [1.807, 2.05) is 40.2 Å². The summed E-state index contributed by atoms with van der Waals surface area (Å²) in [6, 6.07) is 0. The molecule has 0 heterocycles. The van der Waals surface area contributed by atoms with Crippen LogP contribution in [0.3, 0.4) is 0 Å². The molecule has 4 nitrogen and oxygen atoms in total. The summed E-state index contributed by atoms with van der Waals surface area (Å²) >= 11 is 0. The summed E-state index contributed by atoms with van der Waals surface area (Å²) in [5.74, 6) is 0. The Morgan fingerprint density at radius 1 is 1.08 bits per heavy atom. The first-order valence-corrected chi connectivity index (χ1v) is 3.66. The van der Waals surface area contributed by atoms with Gasteiger partial charge in [0, 0.05) is 16.9 Å². The molecule has 0 aliphatic heterocycles. The standard InChI is InChI=1S/C3H10N2.C2H7N.C2H2.CH5N.CH4.2H2/c1-4-5(2)3;1-3-2;2*1-2;;;/h4H,1-3H3;3H,1-2H3;1-2H;2H2,1H3;1H4;2*1H/p+1. The van der Waals surface area contributed by atoms with Gasteiger partial charge in [-0.15, -0.1) is 12.8 Å². The second-order valence-corrected chi connectivity index (χ2v) is 1.62. The minimum atomic E-state index is 0. The average Bonchev–Trinajstić information content (AvgIpc) is 2.13. The van der Waals surface area contributed by atoms with Crippen molar-refractivity contribution in [2.24, 2.45) is 0 Å². The molecule has 0 aromatic carbocycles. The largest absolute Gasteiger partial charge is 0.360 e. The lowest BCUT2D eigenvalue weighted by Crippen LogP contribution is -2.40. The molecule has 0 saturated carbocycles. The number of nitrogens with one attached hydrogen (secondary N) is 2. The minimum absolute atomic E-state index is 0. The Kier molecular flexibility index (Phi) is 144. The Morgan fingerprint density at radius 3 is 1.15 bits per heavy atom. The van der Waals surface area contributed by atoms with Gasteiger partial charge in [0.25, 0.3) is 0 Å². The molecular weight excluding hydrogens is 164 g/mol. The van der Waals surface area contributed by atoms with Crippen LogP contribution in [-0.4, -0.2) is 47.3 Å². The molecule has 0 spiro atoms. The van der Waals surface area contributed by atoms with Crippen LogP contribution >= 0.6 is 0 Å². The van der Waals surface area contributed by atoms with Gasteiger partial charge in [-0.05, 0) is 21.1 Å². The zero-order valence-corrected chi connectivity index (χ0v) is 9.31. The van der Waals surface area contributed by atoms with Gasteiger partial charge in [-0.2, -0.15) is 0 Å². The molecule has 0 rings (SSSR count). The maximum atomic E-state index is 4.00. The van der Waals surface area contributed by atoms with Gasteiger partial charge in [-0.3, -0.25) is 10.4 Å². The van der Waals surface area contributed by atoms with Crippen molar-refractivity contribution in [1.82, 2.24) is 15.8 Å². The number of hydrogen-bond donors (Lipinski definition) is 3. The fourth-order valence-corrected chi connectivity index (χ4v) is 0. The first kappa shape index (κ1) is 29.4. The number of hydrazine groups is 1. The van der Waals surface area contributed by atoms with E-state index in [0.29, 0.717) is 0 Å². The minimum Gasteiger partial charge on any atom is -0.360 e.